The third-order valence-corrected chi connectivity index (χ3v) is 4.90. The fraction of sp³-hybridized carbons (Fsp3) is 0.900. The zero-order chi connectivity index (χ0) is 13.1. The van der Waals surface area contributed by atoms with E-state index in [1.54, 1.807) is 0 Å². The molecule has 0 radical (unpaired) electrons. The summed E-state index contributed by atoms with van der Waals surface area (Å²) in [4.78, 5) is 10.6. The topological polar surface area (TPSA) is 104 Å². The first-order valence-corrected chi connectivity index (χ1v) is 7.27. The largest absolute Gasteiger partial charge is 0.480 e. The van der Waals surface area contributed by atoms with Gasteiger partial charge in [0.05, 0.1) is 6.10 Å². The van der Waals surface area contributed by atoms with Gasteiger partial charge in [-0.2, -0.15) is 0 Å². The van der Waals surface area contributed by atoms with E-state index in [1.165, 1.54) is 0 Å². The predicted octanol–water partition coefficient (Wildman–Crippen LogP) is -0.0700. The fourth-order valence-corrected chi connectivity index (χ4v) is 2.82. The van der Waals surface area contributed by atoms with Crippen molar-refractivity contribution < 1.29 is 23.4 Å². The summed E-state index contributed by atoms with van der Waals surface area (Å²) in [6.07, 6.45) is 2.62. The van der Waals surface area contributed by atoms with Crippen LogP contribution < -0.4 is 4.72 Å². The number of nitrogens with one attached hydrogen (secondary N) is 1. The molecule has 0 spiro atoms. The van der Waals surface area contributed by atoms with E-state index >= 15 is 0 Å². The van der Waals surface area contributed by atoms with Gasteiger partial charge in [0.25, 0.3) is 0 Å². The number of sulfonamides is 1. The lowest BCUT2D eigenvalue weighted by atomic mass is 9.88. The van der Waals surface area contributed by atoms with Crippen LogP contribution in [0, 0.1) is 5.92 Å². The van der Waals surface area contributed by atoms with Gasteiger partial charge in [-0.15, -0.1) is 0 Å². The maximum atomic E-state index is 11.5. The molecule has 1 saturated carbocycles. The molecule has 0 aromatic heterocycles. The zero-order valence-corrected chi connectivity index (χ0v) is 10.6. The van der Waals surface area contributed by atoms with E-state index in [-0.39, 0.29) is 18.6 Å². The van der Waals surface area contributed by atoms with E-state index in [9.17, 15) is 18.3 Å². The monoisotopic (exact) mass is 265 g/mol. The van der Waals surface area contributed by atoms with Crippen molar-refractivity contribution in [3.05, 3.63) is 0 Å². The molecule has 0 saturated heterocycles. The minimum atomic E-state index is -3.78. The van der Waals surface area contributed by atoms with Crippen molar-refractivity contribution in [3.8, 4) is 0 Å². The smallest absolute Gasteiger partial charge is 0.323 e. The van der Waals surface area contributed by atoms with E-state index in [2.05, 4.69) is 4.72 Å². The summed E-state index contributed by atoms with van der Waals surface area (Å²) in [7, 11) is -3.78. The van der Waals surface area contributed by atoms with Gasteiger partial charge in [-0.3, -0.25) is 4.79 Å². The van der Waals surface area contributed by atoms with Crippen LogP contribution in [0.25, 0.3) is 0 Å². The number of aliphatic carboxylic acids is 1. The first kappa shape index (κ1) is 14.4. The Labute approximate surface area is 101 Å². The van der Waals surface area contributed by atoms with Crippen molar-refractivity contribution in [2.75, 3.05) is 6.54 Å². The number of aliphatic hydroxyl groups excluding tert-OH is 1. The standard InChI is InChI=1S/C10H19NO5S/c1-7(10(13)14)17(15,16)11-6-8-2-4-9(12)5-3-8/h7-9,11-12H,2-6H2,1H3,(H,13,14). The van der Waals surface area contributed by atoms with Gasteiger partial charge in [0.15, 0.2) is 5.25 Å². The van der Waals surface area contributed by atoms with Crippen LogP contribution in [0.1, 0.15) is 32.6 Å². The van der Waals surface area contributed by atoms with Crippen LogP contribution >= 0.6 is 0 Å². The molecule has 0 aromatic rings. The minimum absolute atomic E-state index is 0.189. The van der Waals surface area contributed by atoms with Crippen LogP contribution in [0.2, 0.25) is 0 Å². The Morgan fingerprint density at radius 3 is 2.35 bits per heavy atom. The first-order valence-electron chi connectivity index (χ1n) is 5.72. The number of carboxylic acids is 1. The van der Waals surface area contributed by atoms with E-state index in [1.807, 2.05) is 0 Å². The molecule has 1 fully saturated rings. The summed E-state index contributed by atoms with van der Waals surface area (Å²) in [6.45, 7) is 1.40. The highest BCUT2D eigenvalue weighted by Crippen LogP contribution is 2.23. The molecule has 3 N–H and O–H groups in total. The van der Waals surface area contributed by atoms with E-state index in [0.29, 0.717) is 12.8 Å². The van der Waals surface area contributed by atoms with Crippen LogP contribution in [0.5, 0.6) is 0 Å². The molecule has 6 nitrogen and oxygen atoms in total. The first-order chi connectivity index (χ1) is 7.83. The molecule has 0 aromatic carbocycles. The minimum Gasteiger partial charge on any atom is -0.480 e. The Morgan fingerprint density at radius 2 is 1.88 bits per heavy atom. The molecule has 1 aliphatic carbocycles. The maximum absolute atomic E-state index is 11.5. The lowest BCUT2D eigenvalue weighted by Crippen LogP contribution is -2.40. The summed E-state index contributed by atoms with van der Waals surface area (Å²) in [5.41, 5.74) is 0. The summed E-state index contributed by atoms with van der Waals surface area (Å²) in [5, 5.41) is 16.5. The molecule has 7 heteroatoms. The Bertz CT molecular complexity index is 359. The molecular formula is C10H19NO5S. The van der Waals surface area contributed by atoms with Crippen molar-refractivity contribution in [3.63, 3.8) is 0 Å². The highest BCUT2D eigenvalue weighted by atomic mass is 32.2. The van der Waals surface area contributed by atoms with Gasteiger partial charge >= 0.3 is 5.97 Å². The molecule has 1 aliphatic rings. The van der Waals surface area contributed by atoms with Gasteiger partial charge in [0.2, 0.25) is 10.0 Å². The molecule has 0 heterocycles. The molecule has 1 unspecified atom stereocenters. The van der Waals surface area contributed by atoms with Crippen molar-refractivity contribution >= 4 is 16.0 Å². The molecule has 1 atom stereocenters. The summed E-state index contributed by atoms with van der Waals surface area (Å²) >= 11 is 0. The second-order valence-electron chi connectivity index (χ2n) is 4.55. The number of carbonyl (C=O) groups is 1. The Morgan fingerprint density at radius 1 is 1.35 bits per heavy atom. The fourth-order valence-electron chi connectivity index (χ4n) is 1.84. The molecule has 0 bridgehead atoms. The number of carboxylic acid groups (broad SMARTS) is 1. The van der Waals surface area contributed by atoms with Crippen LogP contribution in [0.15, 0.2) is 0 Å². The number of hydrogen-bond donors (Lipinski definition) is 3. The quantitative estimate of drug-likeness (QED) is 0.645. The van der Waals surface area contributed by atoms with Crippen LogP contribution in [-0.4, -0.2) is 42.5 Å². The second-order valence-corrected chi connectivity index (χ2v) is 6.63. The zero-order valence-electron chi connectivity index (χ0n) is 9.80. The summed E-state index contributed by atoms with van der Waals surface area (Å²) in [5.74, 6) is -1.16. The van der Waals surface area contributed by atoms with E-state index in [4.69, 9.17) is 5.11 Å². The SMILES string of the molecule is CC(C(=O)O)S(=O)(=O)NCC1CCC(O)CC1. The molecular weight excluding hydrogens is 246 g/mol. The Hall–Kier alpha value is -0.660. The highest BCUT2D eigenvalue weighted by Gasteiger charge is 2.28. The predicted molar refractivity (Wildman–Crippen MR) is 62.0 cm³/mol. The molecule has 17 heavy (non-hydrogen) atoms. The van der Waals surface area contributed by atoms with Crippen molar-refractivity contribution in [1.29, 1.82) is 0 Å². The van der Waals surface area contributed by atoms with Crippen LogP contribution in [-0.2, 0) is 14.8 Å². The van der Waals surface area contributed by atoms with Gasteiger partial charge in [0, 0.05) is 6.54 Å². The maximum Gasteiger partial charge on any atom is 0.323 e. The summed E-state index contributed by atoms with van der Waals surface area (Å²) < 4.78 is 25.4. The van der Waals surface area contributed by atoms with Gasteiger partial charge in [-0.1, -0.05) is 0 Å². The van der Waals surface area contributed by atoms with Crippen molar-refractivity contribution in [2.45, 2.75) is 44.0 Å². The van der Waals surface area contributed by atoms with E-state index in [0.717, 1.165) is 19.8 Å². The Balaban J connectivity index is 2.42. The van der Waals surface area contributed by atoms with Gasteiger partial charge < -0.3 is 10.2 Å². The molecule has 100 valence electrons. The van der Waals surface area contributed by atoms with Gasteiger partial charge in [-0.05, 0) is 38.5 Å². The molecule has 0 amide bonds. The van der Waals surface area contributed by atoms with Crippen molar-refractivity contribution in [1.82, 2.24) is 4.72 Å². The average molecular weight is 265 g/mol. The molecule has 1 rings (SSSR count). The van der Waals surface area contributed by atoms with E-state index < -0.39 is 21.2 Å². The van der Waals surface area contributed by atoms with Gasteiger partial charge in [0.1, 0.15) is 0 Å². The highest BCUT2D eigenvalue weighted by molar-refractivity contribution is 7.90. The van der Waals surface area contributed by atoms with Crippen LogP contribution in [0.3, 0.4) is 0 Å². The second kappa shape index (κ2) is 5.79. The number of rotatable bonds is 5. The third kappa shape index (κ3) is 4.25. The number of hydrogen-bond acceptors (Lipinski definition) is 4. The number of aliphatic hydroxyl groups is 1. The van der Waals surface area contributed by atoms with Gasteiger partial charge in [-0.25, -0.2) is 13.1 Å². The third-order valence-electron chi connectivity index (χ3n) is 3.20. The summed E-state index contributed by atoms with van der Waals surface area (Å²) in [6, 6.07) is 0. The lowest BCUT2D eigenvalue weighted by Gasteiger charge is -2.25. The average Bonchev–Trinajstić information content (AvgIpc) is 2.27. The normalized spacial score (nSPS) is 27.6. The molecule has 0 aliphatic heterocycles. The van der Waals surface area contributed by atoms with Crippen molar-refractivity contribution in [2.24, 2.45) is 5.92 Å². The van der Waals surface area contributed by atoms with Crippen LogP contribution in [0.4, 0.5) is 0 Å². The lowest BCUT2D eigenvalue weighted by molar-refractivity contribution is -0.136. The Kier molecular flexibility index (Phi) is 4.91.